The van der Waals surface area contributed by atoms with E-state index in [1.807, 2.05) is 36.8 Å². The van der Waals surface area contributed by atoms with Gasteiger partial charge < -0.3 is 20.1 Å². The van der Waals surface area contributed by atoms with Crippen LogP contribution in [0.4, 0.5) is 4.79 Å². The Morgan fingerprint density at radius 3 is 2.47 bits per heavy atom. The molecule has 1 aromatic carbocycles. The first-order valence-electron chi connectivity index (χ1n) is 16.6. The zero-order valence-electron chi connectivity index (χ0n) is 25.8. The van der Waals surface area contributed by atoms with Gasteiger partial charge in [-0.05, 0) is 56.3 Å². The van der Waals surface area contributed by atoms with Crippen LogP contribution in [0.3, 0.4) is 0 Å². The number of nitriles is 1. The molecule has 9 nitrogen and oxygen atoms in total. The molecule has 2 heterocycles. The number of rotatable bonds is 10. The highest BCUT2D eigenvalue weighted by Crippen LogP contribution is 2.27. The molecule has 43 heavy (non-hydrogen) atoms. The third kappa shape index (κ3) is 8.38. The summed E-state index contributed by atoms with van der Waals surface area (Å²) in [6.45, 7) is 5.57. The maximum atomic E-state index is 13.7. The molecule has 3 amide bonds. The maximum absolute atomic E-state index is 13.7. The molecule has 3 aliphatic rings. The van der Waals surface area contributed by atoms with Crippen molar-refractivity contribution in [3.05, 3.63) is 53.6 Å². The van der Waals surface area contributed by atoms with Gasteiger partial charge in [0.25, 0.3) is 0 Å². The fraction of sp³-hybridized carbons (Fsp3) is 0.647. The molecule has 0 radical (unpaired) electrons. The van der Waals surface area contributed by atoms with Crippen LogP contribution in [0.2, 0.25) is 0 Å². The second-order valence-electron chi connectivity index (χ2n) is 12.8. The van der Waals surface area contributed by atoms with Crippen molar-refractivity contribution in [2.24, 2.45) is 5.92 Å². The Hall–Kier alpha value is -3.38. The number of carbonyl (C=O) groups is 2. The molecule has 1 aliphatic heterocycles. The topological polar surface area (TPSA) is 106 Å². The van der Waals surface area contributed by atoms with Crippen molar-refractivity contribution < 1.29 is 9.59 Å². The average molecular weight is 588 g/mol. The van der Waals surface area contributed by atoms with Crippen LogP contribution < -0.4 is 10.6 Å². The van der Waals surface area contributed by atoms with Gasteiger partial charge in [-0.2, -0.15) is 5.26 Å². The van der Waals surface area contributed by atoms with E-state index in [2.05, 4.69) is 38.1 Å². The van der Waals surface area contributed by atoms with E-state index >= 15 is 0 Å². The zero-order valence-corrected chi connectivity index (χ0v) is 25.8. The van der Waals surface area contributed by atoms with E-state index in [0.29, 0.717) is 31.6 Å². The van der Waals surface area contributed by atoms with E-state index in [1.165, 1.54) is 44.9 Å². The molecule has 0 bridgehead atoms. The van der Waals surface area contributed by atoms with Gasteiger partial charge in [-0.1, -0.05) is 63.5 Å². The van der Waals surface area contributed by atoms with E-state index in [-0.39, 0.29) is 24.0 Å². The molecule has 1 aromatic heterocycles. The van der Waals surface area contributed by atoms with E-state index in [0.717, 1.165) is 55.9 Å². The van der Waals surface area contributed by atoms with Gasteiger partial charge in [0.15, 0.2) is 0 Å². The first-order chi connectivity index (χ1) is 21.0. The van der Waals surface area contributed by atoms with E-state index < -0.39 is 6.04 Å². The highest BCUT2D eigenvalue weighted by Gasteiger charge is 2.36. The number of nitrogens with zero attached hydrogens (tertiary/aromatic N) is 5. The van der Waals surface area contributed by atoms with Crippen molar-refractivity contribution in [2.75, 3.05) is 32.7 Å². The van der Waals surface area contributed by atoms with Gasteiger partial charge in [0, 0.05) is 50.5 Å². The van der Waals surface area contributed by atoms with Crippen LogP contribution in [0.1, 0.15) is 100 Å². The van der Waals surface area contributed by atoms with E-state index in [9.17, 15) is 9.59 Å². The highest BCUT2D eigenvalue weighted by molar-refractivity contribution is 5.87. The summed E-state index contributed by atoms with van der Waals surface area (Å²) in [5.74, 6) is 0.720. The highest BCUT2D eigenvalue weighted by atomic mass is 16.2. The third-order valence-corrected chi connectivity index (χ3v) is 9.91. The Balaban J connectivity index is 1.19. The van der Waals surface area contributed by atoms with Crippen molar-refractivity contribution in [1.82, 2.24) is 30.0 Å². The lowest BCUT2D eigenvalue weighted by molar-refractivity contribution is -0.127. The Morgan fingerprint density at radius 1 is 1.02 bits per heavy atom. The second-order valence-corrected chi connectivity index (χ2v) is 12.8. The Labute approximate surface area is 257 Å². The molecule has 232 valence electrons. The van der Waals surface area contributed by atoms with Crippen LogP contribution in [0.15, 0.2) is 36.8 Å². The predicted molar refractivity (Wildman–Crippen MR) is 167 cm³/mol. The number of benzene rings is 1. The van der Waals surface area contributed by atoms with Gasteiger partial charge in [0.2, 0.25) is 5.91 Å². The number of hydrogen-bond acceptors (Lipinski definition) is 5. The molecule has 2 aliphatic carbocycles. The number of hydrogen-bond donors (Lipinski definition) is 2. The minimum absolute atomic E-state index is 0.0518. The average Bonchev–Trinajstić information content (AvgIpc) is 3.52. The fourth-order valence-electron chi connectivity index (χ4n) is 7.16. The number of amides is 3. The monoisotopic (exact) mass is 587 g/mol. The predicted octanol–water partition coefficient (Wildman–Crippen LogP) is 5.02. The van der Waals surface area contributed by atoms with Crippen LogP contribution in [0.25, 0.3) is 0 Å². The summed E-state index contributed by atoms with van der Waals surface area (Å²) in [5, 5.41) is 15.5. The van der Waals surface area contributed by atoms with Gasteiger partial charge in [-0.3, -0.25) is 9.69 Å². The van der Waals surface area contributed by atoms with Gasteiger partial charge in [0.05, 0.1) is 24.0 Å². The first-order valence-corrected chi connectivity index (χ1v) is 16.6. The van der Waals surface area contributed by atoms with Crippen molar-refractivity contribution in [3.63, 3.8) is 0 Å². The molecular formula is C34H49N7O2. The van der Waals surface area contributed by atoms with E-state index in [4.69, 9.17) is 5.26 Å². The number of urea groups is 1. The van der Waals surface area contributed by atoms with Gasteiger partial charge in [-0.15, -0.1) is 0 Å². The number of nitrogens with one attached hydrogen (secondary N) is 2. The standard InChI is InChI=1S/C34H49N7O2/c1-26(29-14-12-28(22-35)13-15-29)41-25-36-23-31(41)16-18-37-33(42)32-24-39(19-17-27-8-4-2-5-9-27)20-21-40(32)34(43)38-30-10-6-3-7-11-30/h12-15,23,25-27,30,32H,2-11,16-21,24H2,1H3,(H,37,42)(H,38,43). The summed E-state index contributed by atoms with van der Waals surface area (Å²) >= 11 is 0. The Kier molecular flexibility index (Phi) is 11.1. The van der Waals surface area contributed by atoms with E-state index in [1.54, 1.807) is 4.90 Å². The minimum Gasteiger partial charge on any atom is -0.354 e. The fourth-order valence-corrected chi connectivity index (χ4v) is 7.16. The Bertz CT molecular complexity index is 1220. The van der Waals surface area contributed by atoms with Crippen LogP contribution >= 0.6 is 0 Å². The summed E-state index contributed by atoms with van der Waals surface area (Å²) in [6, 6.07) is 9.48. The normalized spacial score (nSPS) is 21.2. The van der Waals surface area contributed by atoms with Gasteiger partial charge >= 0.3 is 6.03 Å². The molecule has 1 saturated heterocycles. The quantitative estimate of drug-likeness (QED) is 0.406. The summed E-state index contributed by atoms with van der Waals surface area (Å²) in [6.07, 6.45) is 17.8. The van der Waals surface area contributed by atoms with Crippen LogP contribution in [-0.2, 0) is 11.2 Å². The molecule has 5 rings (SSSR count). The lowest BCUT2D eigenvalue weighted by atomic mass is 9.87. The molecule has 2 unspecified atom stereocenters. The largest absolute Gasteiger partial charge is 0.354 e. The molecule has 2 saturated carbocycles. The van der Waals surface area contributed by atoms with Crippen molar-refractivity contribution in [1.29, 1.82) is 5.26 Å². The third-order valence-electron chi connectivity index (χ3n) is 9.91. The number of piperazine rings is 1. The van der Waals surface area contributed by atoms with Gasteiger partial charge in [0.1, 0.15) is 6.04 Å². The first kappa shape index (κ1) is 31.1. The van der Waals surface area contributed by atoms with Crippen molar-refractivity contribution >= 4 is 11.9 Å². The molecule has 0 spiro atoms. The van der Waals surface area contributed by atoms with Gasteiger partial charge in [-0.25, -0.2) is 9.78 Å². The number of aromatic nitrogens is 2. The van der Waals surface area contributed by atoms with Crippen LogP contribution in [0.5, 0.6) is 0 Å². The smallest absolute Gasteiger partial charge is 0.318 e. The summed E-state index contributed by atoms with van der Waals surface area (Å²) < 4.78 is 2.12. The molecule has 3 fully saturated rings. The lowest BCUT2D eigenvalue weighted by Gasteiger charge is -2.41. The second kappa shape index (κ2) is 15.4. The molecule has 2 N–H and O–H groups in total. The summed E-state index contributed by atoms with van der Waals surface area (Å²) in [4.78, 5) is 35.7. The van der Waals surface area contributed by atoms with Crippen LogP contribution in [0, 0.1) is 17.2 Å². The minimum atomic E-state index is -0.494. The molecule has 9 heteroatoms. The van der Waals surface area contributed by atoms with Crippen molar-refractivity contribution in [2.45, 2.75) is 102 Å². The summed E-state index contributed by atoms with van der Waals surface area (Å²) in [5.41, 5.74) is 2.76. The number of imidazole rings is 1. The summed E-state index contributed by atoms with van der Waals surface area (Å²) in [7, 11) is 0. The molecule has 2 aromatic rings. The van der Waals surface area contributed by atoms with Crippen LogP contribution in [-0.4, -0.2) is 76.1 Å². The lowest BCUT2D eigenvalue weighted by Crippen LogP contribution is -2.63. The maximum Gasteiger partial charge on any atom is 0.318 e. The zero-order chi connectivity index (χ0) is 30.0. The SMILES string of the molecule is CC(c1ccc(C#N)cc1)n1cncc1CCNC(=O)C1CN(CCC2CCCCC2)CCN1C(=O)NC1CCCCC1. The number of carbonyl (C=O) groups excluding carboxylic acids is 2. The molecule has 2 atom stereocenters. The van der Waals surface area contributed by atoms with Crippen molar-refractivity contribution in [3.8, 4) is 6.07 Å². The molecular weight excluding hydrogens is 538 g/mol. The Morgan fingerprint density at radius 2 is 1.74 bits per heavy atom.